The van der Waals surface area contributed by atoms with Gasteiger partial charge in [-0.05, 0) is 49.1 Å². The average molecular weight is 452 g/mol. The molecule has 6 nitrogen and oxygen atoms in total. The maximum Gasteiger partial charge on any atom is 0.252 e. The van der Waals surface area contributed by atoms with Crippen LogP contribution >= 0.6 is 11.8 Å². The molecule has 0 saturated carbocycles. The predicted octanol–water partition coefficient (Wildman–Crippen LogP) is 2.82. The Balaban J connectivity index is 1.44. The highest BCUT2D eigenvalue weighted by atomic mass is 32.2. The smallest absolute Gasteiger partial charge is 0.252 e. The average Bonchev–Trinajstić information content (AvgIpc) is 2.77. The number of anilines is 1. The van der Waals surface area contributed by atoms with Crippen LogP contribution in [0.4, 0.5) is 10.1 Å². The summed E-state index contributed by atoms with van der Waals surface area (Å²) in [6.07, 6.45) is 2.27. The zero-order chi connectivity index (χ0) is 21.6. The van der Waals surface area contributed by atoms with Crippen molar-refractivity contribution in [2.75, 3.05) is 49.6 Å². The fourth-order valence-electron chi connectivity index (χ4n) is 3.39. The molecule has 2 aromatic rings. The predicted molar refractivity (Wildman–Crippen MR) is 119 cm³/mol. The third kappa shape index (κ3) is 5.74. The highest BCUT2D eigenvalue weighted by molar-refractivity contribution is 7.98. The minimum Gasteiger partial charge on any atom is -0.369 e. The normalized spacial score (nSPS) is 15.2. The minimum absolute atomic E-state index is 0.00595. The van der Waals surface area contributed by atoms with Crippen LogP contribution in [-0.4, -0.2) is 63.4 Å². The van der Waals surface area contributed by atoms with Crippen molar-refractivity contribution >= 4 is 33.4 Å². The van der Waals surface area contributed by atoms with Gasteiger partial charge >= 0.3 is 0 Å². The number of sulfonamides is 1. The highest BCUT2D eigenvalue weighted by Crippen LogP contribution is 2.20. The molecule has 1 amide bonds. The molecule has 0 bridgehead atoms. The lowest BCUT2D eigenvalue weighted by Crippen LogP contribution is -2.49. The Hall–Kier alpha value is -2.10. The summed E-state index contributed by atoms with van der Waals surface area (Å²) in [6, 6.07) is 13.6. The van der Waals surface area contributed by atoms with Crippen molar-refractivity contribution in [2.24, 2.45) is 0 Å². The summed E-state index contributed by atoms with van der Waals surface area (Å²) in [6.45, 7) is 2.22. The van der Waals surface area contributed by atoms with Gasteiger partial charge in [0.05, 0.1) is 11.3 Å². The first-order valence-corrected chi connectivity index (χ1v) is 12.6. The number of hydrogen-bond acceptors (Lipinski definition) is 5. The van der Waals surface area contributed by atoms with Crippen molar-refractivity contribution in [3.63, 3.8) is 0 Å². The summed E-state index contributed by atoms with van der Waals surface area (Å²) < 4.78 is 39.8. The number of thioether (sulfide) groups is 1. The van der Waals surface area contributed by atoms with E-state index in [1.807, 2.05) is 24.5 Å². The van der Waals surface area contributed by atoms with E-state index in [0.717, 1.165) is 10.6 Å². The second-order valence-electron chi connectivity index (χ2n) is 6.99. The van der Waals surface area contributed by atoms with Crippen molar-refractivity contribution in [1.29, 1.82) is 0 Å². The van der Waals surface area contributed by atoms with E-state index in [1.54, 1.807) is 18.2 Å². The largest absolute Gasteiger partial charge is 0.369 e. The summed E-state index contributed by atoms with van der Waals surface area (Å²) in [5.41, 5.74) is 1.49. The summed E-state index contributed by atoms with van der Waals surface area (Å²) in [5, 5.41) is 2.81. The van der Waals surface area contributed by atoms with Crippen LogP contribution in [0, 0.1) is 5.82 Å². The van der Waals surface area contributed by atoms with Crippen LogP contribution in [0.2, 0.25) is 0 Å². The van der Waals surface area contributed by atoms with Gasteiger partial charge < -0.3 is 10.2 Å². The van der Waals surface area contributed by atoms with Crippen LogP contribution in [0.25, 0.3) is 0 Å². The molecule has 1 N–H and O–H groups in total. The summed E-state index contributed by atoms with van der Waals surface area (Å²) in [4.78, 5) is 15.3. The standard InChI is InChI=1S/C21H26FN3O3S2/c1-29-20-6-3-2-5-19(20)21(26)23-11-4-16-30(27,28)25-14-12-24(13-15-25)18-9-7-17(22)8-10-18/h2-3,5-10H,4,11-16H2,1H3,(H,23,26). The Kier molecular flexibility index (Phi) is 7.74. The first kappa shape index (κ1) is 22.6. The van der Waals surface area contributed by atoms with E-state index in [1.165, 1.54) is 28.2 Å². The van der Waals surface area contributed by atoms with E-state index in [-0.39, 0.29) is 17.5 Å². The van der Waals surface area contributed by atoms with Crippen molar-refractivity contribution in [1.82, 2.24) is 9.62 Å². The third-order valence-electron chi connectivity index (χ3n) is 5.04. The topological polar surface area (TPSA) is 69.7 Å². The van der Waals surface area contributed by atoms with Crippen molar-refractivity contribution in [2.45, 2.75) is 11.3 Å². The molecule has 0 aliphatic carbocycles. The zero-order valence-electron chi connectivity index (χ0n) is 16.9. The molecular formula is C21H26FN3O3S2. The molecule has 0 unspecified atom stereocenters. The van der Waals surface area contributed by atoms with Crippen molar-refractivity contribution in [3.05, 3.63) is 59.9 Å². The molecule has 9 heteroatoms. The number of nitrogens with zero attached hydrogens (tertiary/aromatic N) is 2. The van der Waals surface area contributed by atoms with Crippen LogP contribution in [0.1, 0.15) is 16.8 Å². The quantitative estimate of drug-likeness (QED) is 0.494. The lowest BCUT2D eigenvalue weighted by Gasteiger charge is -2.35. The van der Waals surface area contributed by atoms with E-state index in [4.69, 9.17) is 0 Å². The van der Waals surface area contributed by atoms with Gasteiger partial charge in [-0.25, -0.2) is 12.8 Å². The van der Waals surface area contributed by atoms with Crippen LogP contribution in [0.15, 0.2) is 53.4 Å². The van der Waals surface area contributed by atoms with Crippen molar-refractivity contribution < 1.29 is 17.6 Å². The first-order chi connectivity index (χ1) is 14.4. The number of benzene rings is 2. The van der Waals surface area contributed by atoms with E-state index >= 15 is 0 Å². The van der Waals surface area contributed by atoms with Crippen LogP contribution < -0.4 is 10.2 Å². The van der Waals surface area contributed by atoms with Gasteiger partial charge in [0.2, 0.25) is 10.0 Å². The van der Waals surface area contributed by atoms with Crippen molar-refractivity contribution in [3.8, 4) is 0 Å². The molecule has 0 atom stereocenters. The Morgan fingerprint density at radius 2 is 1.73 bits per heavy atom. The molecule has 162 valence electrons. The fourth-order valence-corrected chi connectivity index (χ4v) is 5.47. The second kappa shape index (κ2) is 10.3. The number of piperazine rings is 1. The minimum atomic E-state index is -3.38. The molecule has 1 aliphatic heterocycles. The number of hydrogen-bond donors (Lipinski definition) is 1. The van der Waals surface area contributed by atoms with Crippen LogP contribution in [0.3, 0.4) is 0 Å². The molecule has 0 spiro atoms. The van der Waals surface area contributed by atoms with E-state index in [9.17, 15) is 17.6 Å². The summed E-state index contributed by atoms with van der Waals surface area (Å²) in [7, 11) is -3.38. The monoisotopic (exact) mass is 451 g/mol. The van der Waals surface area contributed by atoms with Gasteiger partial charge in [0.1, 0.15) is 5.82 Å². The van der Waals surface area contributed by atoms with Gasteiger partial charge in [-0.15, -0.1) is 11.8 Å². The van der Waals surface area contributed by atoms with Gasteiger partial charge in [0.15, 0.2) is 0 Å². The molecule has 0 aromatic heterocycles. The van der Waals surface area contributed by atoms with Crippen LogP contribution in [-0.2, 0) is 10.0 Å². The number of carbonyl (C=O) groups excluding carboxylic acids is 1. The third-order valence-corrected chi connectivity index (χ3v) is 7.79. The van der Waals surface area contributed by atoms with E-state index < -0.39 is 10.0 Å². The number of carbonyl (C=O) groups is 1. The van der Waals surface area contributed by atoms with Gasteiger partial charge in [-0.1, -0.05) is 12.1 Å². The lowest BCUT2D eigenvalue weighted by molar-refractivity contribution is 0.0950. The zero-order valence-corrected chi connectivity index (χ0v) is 18.5. The van der Waals surface area contributed by atoms with Gasteiger partial charge in [-0.2, -0.15) is 4.31 Å². The number of halogens is 1. The summed E-state index contributed by atoms with van der Waals surface area (Å²) in [5.74, 6) is -0.483. The molecule has 0 radical (unpaired) electrons. The maximum absolute atomic E-state index is 13.1. The molecule has 3 rings (SSSR count). The van der Waals surface area contributed by atoms with Gasteiger partial charge in [-0.3, -0.25) is 4.79 Å². The lowest BCUT2D eigenvalue weighted by atomic mass is 10.2. The number of rotatable bonds is 8. The molecule has 1 aliphatic rings. The van der Waals surface area contributed by atoms with Gasteiger partial charge in [0, 0.05) is 43.3 Å². The molecule has 1 fully saturated rings. The molecule has 30 heavy (non-hydrogen) atoms. The SMILES string of the molecule is CSc1ccccc1C(=O)NCCCS(=O)(=O)N1CCN(c2ccc(F)cc2)CC1. The second-order valence-corrected chi connectivity index (χ2v) is 9.92. The highest BCUT2D eigenvalue weighted by Gasteiger charge is 2.26. The van der Waals surface area contributed by atoms with Gasteiger partial charge in [0.25, 0.3) is 5.91 Å². The number of amides is 1. The molecule has 2 aromatic carbocycles. The van der Waals surface area contributed by atoms with E-state index in [2.05, 4.69) is 10.2 Å². The Morgan fingerprint density at radius 1 is 1.07 bits per heavy atom. The van der Waals surface area contributed by atoms with E-state index in [0.29, 0.717) is 44.7 Å². The fraction of sp³-hybridized carbons (Fsp3) is 0.381. The maximum atomic E-state index is 13.1. The first-order valence-electron chi connectivity index (χ1n) is 9.80. The molecular weight excluding hydrogens is 425 g/mol. The van der Waals surface area contributed by atoms with Crippen LogP contribution in [0.5, 0.6) is 0 Å². The summed E-state index contributed by atoms with van der Waals surface area (Å²) >= 11 is 1.50. The number of nitrogens with one attached hydrogen (secondary N) is 1. The Labute approximate surface area is 181 Å². The molecule has 1 saturated heterocycles. The Morgan fingerprint density at radius 3 is 2.40 bits per heavy atom. The molecule has 1 heterocycles. The Bertz CT molecular complexity index is 960.